The van der Waals surface area contributed by atoms with Gasteiger partial charge >= 0.3 is 5.95 Å². The molecule has 0 unspecified atom stereocenters. The van der Waals surface area contributed by atoms with Crippen LogP contribution in [0.3, 0.4) is 0 Å². The SMILES string of the molecule is CC1(C)OC([O])=C=C([O-])O1.[Sb].[c]1ccccc1.[c]1ccccc1.[c]1ccccc1. The van der Waals surface area contributed by atoms with Gasteiger partial charge < -0.3 is 14.6 Å². The summed E-state index contributed by atoms with van der Waals surface area (Å²) in [7, 11) is 0. The molecule has 0 saturated heterocycles. The maximum atomic E-state index is 10.5. The minimum absolute atomic E-state index is 0. The molecule has 1 aliphatic heterocycles. The van der Waals surface area contributed by atoms with Crippen molar-refractivity contribution in [3.8, 4) is 0 Å². The van der Waals surface area contributed by atoms with Crippen molar-refractivity contribution >= 4 is 24.4 Å². The summed E-state index contributed by atoms with van der Waals surface area (Å²) in [6.45, 7) is 2.95. The molecule has 0 N–H and O–H groups in total. The predicted molar refractivity (Wildman–Crippen MR) is 109 cm³/mol. The first kappa shape index (κ1) is 26.2. The molecule has 0 fully saturated rings. The molecule has 7 radical (unpaired) electrons. The topological polar surface area (TPSA) is 61.4 Å². The molecule has 0 atom stereocenters. The van der Waals surface area contributed by atoms with Crippen LogP contribution in [0.2, 0.25) is 0 Å². The van der Waals surface area contributed by atoms with E-state index in [-0.39, 0.29) is 24.4 Å². The molecule has 0 spiro atoms. The van der Waals surface area contributed by atoms with E-state index in [4.69, 9.17) is 0 Å². The summed E-state index contributed by atoms with van der Waals surface area (Å²) in [6, 6.07) is 37.5. The van der Waals surface area contributed by atoms with Gasteiger partial charge in [0.15, 0.2) is 5.79 Å². The van der Waals surface area contributed by atoms with Gasteiger partial charge in [-0.1, -0.05) is 91.0 Å². The molecule has 3 aromatic carbocycles. The van der Waals surface area contributed by atoms with Crippen molar-refractivity contribution < 1.29 is 19.7 Å². The van der Waals surface area contributed by atoms with Crippen LogP contribution in [-0.2, 0) is 14.6 Å². The largest absolute Gasteiger partial charge is 0.569 e. The minimum atomic E-state index is -1.14. The maximum Gasteiger partial charge on any atom is 0.379 e. The maximum absolute atomic E-state index is 10.5. The number of rotatable bonds is 0. The Morgan fingerprint density at radius 3 is 1.21 bits per heavy atom. The summed E-state index contributed by atoms with van der Waals surface area (Å²) in [5, 5.41) is 20.9. The van der Waals surface area contributed by atoms with Crippen LogP contribution < -0.4 is 5.11 Å². The zero-order valence-corrected chi connectivity index (χ0v) is 18.8. The van der Waals surface area contributed by atoms with E-state index in [1.165, 1.54) is 13.8 Å². The molecule has 4 rings (SSSR count). The molecule has 4 nitrogen and oxygen atoms in total. The Morgan fingerprint density at radius 2 is 1.03 bits per heavy atom. The molecule has 3 aromatic rings. The summed E-state index contributed by atoms with van der Waals surface area (Å²) in [5.41, 5.74) is 1.81. The van der Waals surface area contributed by atoms with E-state index in [0.717, 1.165) is 0 Å². The van der Waals surface area contributed by atoms with Crippen LogP contribution in [0.5, 0.6) is 0 Å². The zero-order chi connectivity index (χ0) is 20.5. The summed E-state index contributed by atoms with van der Waals surface area (Å²) >= 11 is 0. The third-order valence-corrected chi connectivity index (χ3v) is 2.70. The predicted octanol–water partition coefficient (Wildman–Crippen LogP) is 3.92. The van der Waals surface area contributed by atoms with E-state index >= 15 is 0 Å². The molecule has 29 heavy (non-hydrogen) atoms. The van der Waals surface area contributed by atoms with Crippen molar-refractivity contribution in [3.63, 3.8) is 0 Å². The van der Waals surface area contributed by atoms with Gasteiger partial charge in [0.2, 0.25) is 0 Å². The van der Waals surface area contributed by atoms with Crippen molar-refractivity contribution in [1.82, 2.24) is 0 Å². The van der Waals surface area contributed by atoms with Crippen LogP contribution in [-0.4, -0.2) is 30.2 Å². The molecule has 0 aromatic heterocycles. The average molecular weight is 495 g/mol. The standard InChI is InChI=1S/C6H7O4.3C6H5.Sb/c1-6(2)9-4(7)3-5(8)10-6;3*1-2-4-6-5-3-1;/h7H,1-2H3;3*1-5H;/p-1. The van der Waals surface area contributed by atoms with Gasteiger partial charge in [0.1, 0.15) is 5.95 Å². The van der Waals surface area contributed by atoms with Crippen molar-refractivity contribution in [2.24, 2.45) is 0 Å². The molecule has 0 bridgehead atoms. The third kappa shape index (κ3) is 15.9. The van der Waals surface area contributed by atoms with Crippen LogP contribution in [0.25, 0.3) is 0 Å². The van der Waals surface area contributed by atoms with E-state index in [9.17, 15) is 10.2 Å². The van der Waals surface area contributed by atoms with Gasteiger partial charge in [-0.2, -0.15) is 0 Å². The first-order valence-corrected chi connectivity index (χ1v) is 8.46. The summed E-state index contributed by atoms with van der Waals surface area (Å²) in [5.74, 6) is -2.69. The van der Waals surface area contributed by atoms with E-state index in [1.807, 2.05) is 96.7 Å². The Bertz CT molecular complexity index is 627. The van der Waals surface area contributed by atoms with Gasteiger partial charge in [-0.3, -0.25) is 0 Å². The second-order valence-electron chi connectivity index (χ2n) is 5.54. The van der Waals surface area contributed by atoms with Gasteiger partial charge in [0.25, 0.3) is 0 Å². The van der Waals surface area contributed by atoms with E-state index < -0.39 is 17.7 Å². The van der Waals surface area contributed by atoms with Crippen LogP contribution in [0.4, 0.5) is 0 Å². The molecule has 147 valence electrons. The number of benzene rings is 3. The van der Waals surface area contributed by atoms with Gasteiger partial charge in [0, 0.05) is 24.4 Å². The van der Waals surface area contributed by atoms with Gasteiger partial charge in [-0.15, -0.1) is 0 Å². The Labute approximate surface area is 190 Å². The average Bonchev–Trinajstić information content (AvgIpc) is 2.71. The van der Waals surface area contributed by atoms with Gasteiger partial charge in [0.05, 0.1) is 0 Å². The van der Waals surface area contributed by atoms with Crippen LogP contribution >= 0.6 is 0 Å². The summed E-state index contributed by atoms with van der Waals surface area (Å²) in [4.78, 5) is 0. The monoisotopic (exact) mass is 494 g/mol. The Hall–Kier alpha value is -2.80. The number of ether oxygens (including phenoxy) is 2. The molecular formula is C24H21O4Sb-. The molecule has 1 aliphatic rings. The molecular weight excluding hydrogens is 474 g/mol. The van der Waals surface area contributed by atoms with Crippen LogP contribution in [0.1, 0.15) is 13.8 Å². The molecule has 0 aliphatic carbocycles. The van der Waals surface area contributed by atoms with E-state index in [0.29, 0.717) is 0 Å². The van der Waals surface area contributed by atoms with Crippen LogP contribution in [0.15, 0.2) is 109 Å². The second-order valence-corrected chi connectivity index (χ2v) is 5.54. The van der Waals surface area contributed by atoms with Crippen molar-refractivity contribution in [3.05, 3.63) is 127 Å². The molecule has 0 amide bonds. The van der Waals surface area contributed by atoms with Crippen molar-refractivity contribution in [1.29, 1.82) is 0 Å². The van der Waals surface area contributed by atoms with E-state index in [2.05, 4.69) is 27.7 Å². The zero-order valence-electron chi connectivity index (χ0n) is 16.2. The van der Waals surface area contributed by atoms with Gasteiger partial charge in [-0.25, -0.2) is 5.11 Å². The first-order chi connectivity index (χ1) is 13.5. The minimum Gasteiger partial charge on any atom is -0.569 e. The first-order valence-electron chi connectivity index (χ1n) is 8.46. The third-order valence-electron chi connectivity index (χ3n) is 2.70. The Balaban J connectivity index is 0.000000366. The molecule has 0 saturated carbocycles. The van der Waals surface area contributed by atoms with Crippen molar-refractivity contribution in [2.75, 3.05) is 0 Å². The van der Waals surface area contributed by atoms with Crippen LogP contribution in [0, 0.1) is 18.2 Å². The summed E-state index contributed by atoms with van der Waals surface area (Å²) in [6.07, 6.45) is 0. The molecule has 5 heteroatoms. The second kappa shape index (κ2) is 16.2. The fourth-order valence-electron chi connectivity index (χ4n) is 1.63. The number of hydrogen-bond acceptors (Lipinski definition) is 3. The quantitative estimate of drug-likeness (QED) is 0.351. The fraction of sp³-hybridized carbons (Fsp3) is 0.125. The fourth-order valence-corrected chi connectivity index (χ4v) is 1.63. The Morgan fingerprint density at radius 1 is 0.690 bits per heavy atom. The Kier molecular flexibility index (Phi) is 14.6. The molecule has 1 heterocycles. The number of hydrogen-bond donors (Lipinski definition) is 0. The van der Waals surface area contributed by atoms with Crippen molar-refractivity contribution in [2.45, 2.75) is 19.6 Å². The smallest absolute Gasteiger partial charge is 0.379 e. The van der Waals surface area contributed by atoms with Gasteiger partial charge in [-0.05, 0) is 37.8 Å². The summed E-state index contributed by atoms with van der Waals surface area (Å²) < 4.78 is 9.10. The normalized spacial score (nSPS) is 12.5. The van der Waals surface area contributed by atoms with E-state index in [1.54, 1.807) is 0 Å².